The molecule has 0 aliphatic rings. The van der Waals surface area contributed by atoms with Crippen molar-refractivity contribution in [1.82, 2.24) is 4.98 Å². The van der Waals surface area contributed by atoms with Crippen LogP contribution in [0.2, 0.25) is 5.02 Å². The fourth-order valence-corrected chi connectivity index (χ4v) is 2.83. The van der Waals surface area contributed by atoms with Crippen molar-refractivity contribution in [3.63, 3.8) is 0 Å². The smallest absolute Gasteiger partial charge is 0.416 e. The van der Waals surface area contributed by atoms with Gasteiger partial charge in [0.15, 0.2) is 11.7 Å². The maximum absolute atomic E-state index is 12.8. The molecule has 2 aromatic carbocycles. The van der Waals surface area contributed by atoms with E-state index in [1.54, 1.807) is 6.20 Å². The lowest BCUT2D eigenvalue weighted by atomic mass is 10.2. The SMILES string of the molecule is O=C(CCc1ncc(-c2ccc(Br)cc2)o1)Nc1cc(C(F)(F)F)ccc1Cl. The van der Waals surface area contributed by atoms with Crippen LogP contribution >= 0.6 is 27.5 Å². The highest BCUT2D eigenvalue weighted by Crippen LogP contribution is 2.34. The predicted molar refractivity (Wildman–Crippen MR) is 103 cm³/mol. The van der Waals surface area contributed by atoms with Gasteiger partial charge in [0.25, 0.3) is 0 Å². The lowest BCUT2D eigenvalue weighted by Crippen LogP contribution is -2.14. The van der Waals surface area contributed by atoms with Crippen LogP contribution in [0.1, 0.15) is 17.9 Å². The number of halogens is 5. The van der Waals surface area contributed by atoms with Crippen molar-refractivity contribution in [3.8, 4) is 11.3 Å². The molecule has 0 unspecified atom stereocenters. The molecule has 4 nitrogen and oxygen atoms in total. The van der Waals surface area contributed by atoms with Crippen LogP contribution in [-0.4, -0.2) is 10.9 Å². The largest absolute Gasteiger partial charge is 0.441 e. The fourth-order valence-electron chi connectivity index (χ4n) is 2.40. The van der Waals surface area contributed by atoms with E-state index in [4.69, 9.17) is 16.0 Å². The first kappa shape index (κ1) is 20.4. The number of nitrogens with one attached hydrogen (secondary N) is 1. The Labute approximate surface area is 171 Å². The molecule has 1 amide bonds. The van der Waals surface area contributed by atoms with E-state index in [0.717, 1.165) is 28.2 Å². The average Bonchev–Trinajstić information content (AvgIpc) is 3.10. The molecule has 0 atom stereocenters. The van der Waals surface area contributed by atoms with Gasteiger partial charge in [0.2, 0.25) is 5.91 Å². The average molecular weight is 474 g/mol. The van der Waals surface area contributed by atoms with Gasteiger partial charge in [-0.3, -0.25) is 4.79 Å². The molecule has 0 radical (unpaired) electrons. The fraction of sp³-hybridized carbons (Fsp3) is 0.158. The molecule has 0 aliphatic carbocycles. The Morgan fingerprint density at radius 3 is 2.57 bits per heavy atom. The monoisotopic (exact) mass is 472 g/mol. The Morgan fingerprint density at radius 1 is 1.18 bits per heavy atom. The lowest BCUT2D eigenvalue weighted by Gasteiger charge is -2.11. The number of hydrogen-bond acceptors (Lipinski definition) is 3. The quantitative estimate of drug-likeness (QED) is 0.470. The Bertz CT molecular complexity index is 988. The number of hydrogen-bond donors (Lipinski definition) is 1. The van der Waals surface area contributed by atoms with E-state index in [9.17, 15) is 18.0 Å². The van der Waals surface area contributed by atoms with E-state index in [1.807, 2.05) is 24.3 Å². The van der Waals surface area contributed by atoms with Gasteiger partial charge in [-0.25, -0.2) is 4.98 Å². The molecule has 9 heteroatoms. The highest BCUT2D eigenvalue weighted by molar-refractivity contribution is 9.10. The number of alkyl halides is 3. The van der Waals surface area contributed by atoms with Crippen LogP contribution < -0.4 is 5.32 Å². The molecule has 0 aliphatic heterocycles. The Kier molecular flexibility index (Phi) is 6.10. The minimum absolute atomic E-state index is 0.0210. The number of benzene rings is 2. The van der Waals surface area contributed by atoms with Gasteiger partial charge >= 0.3 is 6.18 Å². The van der Waals surface area contributed by atoms with E-state index >= 15 is 0 Å². The highest BCUT2D eigenvalue weighted by atomic mass is 79.9. The van der Waals surface area contributed by atoms with Crippen LogP contribution in [0.5, 0.6) is 0 Å². The molecule has 3 rings (SSSR count). The maximum atomic E-state index is 12.8. The second kappa shape index (κ2) is 8.36. The van der Waals surface area contributed by atoms with Crippen molar-refractivity contribution < 1.29 is 22.4 Å². The molecular formula is C19H13BrClF3N2O2. The van der Waals surface area contributed by atoms with Crippen molar-refractivity contribution in [1.29, 1.82) is 0 Å². The summed E-state index contributed by atoms with van der Waals surface area (Å²) >= 11 is 9.22. The summed E-state index contributed by atoms with van der Waals surface area (Å²) in [4.78, 5) is 16.2. The molecule has 0 spiro atoms. The third-order valence-electron chi connectivity index (χ3n) is 3.82. The number of carbonyl (C=O) groups excluding carboxylic acids is 1. The number of oxazole rings is 1. The van der Waals surface area contributed by atoms with Crippen LogP contribution in [0.3, 0.4) is 0 Å². The second-order valence-corrected chi connectivity index (χ2v) is 7.19. The first-order valence-corrected chi connectivity index (χ1v) is 9.27. The summed E-state index contributed by atoms with van der Waals surface area (Å²) in [5, 5.41) is 2.42. The van der Waals surface area contributed by atoms with Crippen molar-refractivity contribution in [2.24, 2.45) is 0 Å². The maximum Gasteiger partial charge on any atom is 0.416 e. The van der Waals surface area contributed by atoms with Crippen molar-refractivity contribution in [3.05, 3.63) is 69.6 Å². The zero-order valence-corrected chi connectivity index (χ0v) is 16.5. The van der Waals surface area contributed by atoms with E-state index in [1.165, 1.54) is 0 Å². The van der Waals surface area contributed by atoms with Crippen LogP contribution in [-0.2, 0) is 17.4 Å². The summed E-state index contributed by atoms with van der Waals surface area (Å²) in [6.07, 6.45) is -2.79. The van der Waals surface area contributed by atoms with Gasteiger partial charge < -0.3 is 9.73 Å². The molecule has 3 aromatic rings. The van der Waals surface area contributed by atoms with Gasteiger partial charge in [0, 0.05) is 22.9 Å². The normalized spacial score (nSPS) is 11.5. The number of nitrogens with zero attached hydrogens (tertiary/aromatic N) is 1. The zero-order valence-electron chi connectivity index (χ0n) is 14.2. The first-order chi connectivity index (χ1) is 13.2. The minimum Gasteiger partial charge on any atom is -0.441 e. The molecule has 28 heavy (non-hydrogen) atoms. The lowest BCUT2D eigenvalue weighted by molar-refractivity contribution is -0.137. The summed E-state index contributed by atoms with van der Waals surface area (Å²) in [6.45, 7) is 0. The van der Waals surface area contributed by atoms with Crippen LogP contribution in [0.25, 0.3) is 11.3 Å². The molecule has 1 N–H and O–H groups in total. The summed E-state index contributed by atoms with van der Waals surface area (Å²) in [7, 11) is 0. The summed E-state index contributed by atoms with van der Waals surface area (Å²) < 4.78 is 44.9. The van der Waals surface area contributed by atoms with E-state index in [2.05, 4.69) is 26.2 Å². The predicted octanol–water partition coefficient (Wildman–Crippen LogP) is 6.35. The summed E-state index contributed by atoms with van der Waals surface area (Å²) in [5.74, 6) is 0.414. The zero-order chi connectivity index (χ0) is 20.3. The topological polar surface area (TPSA) is 55.1 Å². The van der Waals surface area contributed by atoms with Crippen LogP contribution in [0, 0.1) is 0 Å². The van der Waals surface area contributed by atoms with E-state index in [0.29, 0.717) is 11.7 Å². The highest BCUT2D eigenvalue weighted by Gasteiger charge is 2.31. The molecule has 0 fully saturated rings. The van der Waals surface area contributed by atoms with Gasteiger partial charge in [-0.15, -0.1) is 0 Å². The van der Waals surface area contributed by atoms with Gasteiger partial charge in [-0.05, 0) is 30.3 Å². The Balaban J connectivity index is 1.61. The third kappa shape index (κ3) is 5.14. The van der Waals surface area contributed by atoms with E-state index < -0.39 is 17.6 Å². The minimum atomic E-state index is -4.52. The Hall–Kier alpha value is -2.32. The standard InChI is InChI=1S/C19H13BrClF3N2O2/c20-13-4-1-11(2-5-13)16-10-25-18(28-16)8-7-17(27)26-15-9-12(19(22,23)24)3-6-14(15)21/h1-6,9-10H,7-8H2,(H,26,27). The number of anilines is 1. The molecule has 0 saturated heterocycles. The van der Waals surface area contributed by atoms with Crippen molar-refractivity contribution in [2.45, 2.75) is 19.0 Å². The third-order valence-corrected chi connectivity index (χ3v) is 4.67. The summed E-state index contributed by atoms with van der Waals surface area (Å²) in [6, 6.07) is 10.2. The Morgan fingerprint density at radius 2 is 1.89 bits per heavy atom. The number of aryl methyl sites for hydroxylation is 1. The first-order valence-electron chi connectivity index (χ1n) is 8.09. The number of rotatable bonds is 5. The number of aromatic nitrogens is 1. The molecule has 146 valence electrons. The molecule has 1 aromatic heterocycles. The van der Waals surface area contributed by atoms with Crippen molar-refractivity contribution in [2.75, 3.05) is 5.32 Å². The number of amides is 1. The van der Waals surface area contributed by atoms with Crippen molar-refractivity contribution >= 4 is 39.1 Å². The molecule has 0 bridgehead atoms. The van der Waals surface area contributed by atoms with E-state index in [-0.39, 0.29) is 23.6 Å². The van der Waals surface area contributed by atoms with Gasteiger partial charge in [0.1, 0.15) is 0 Å². The summed E-state index contributed by atoms with van der Waals surface area (Å²) in [5.41, 5.74) is -0.148. The van der Waals surface area contributed by atoms with Gasteiger partial charge in [-0.1, -0.05) is 39.7 Å². The molecule has 1 heterocycles. The molecule has 0 saturated carbocycles. The van der Waals surface area contributed by atoms with Crippen LogP contribution in [0.4, 0.5) is 18.9 Å². The number of carbonyl (C=O) groups is 1. The van der Waals surface area contributed by atoms with Gasteiger partial charge in [0.05, 0.1) is 22.5 Å². The second-order valence-electron chi connectivity index (χ2n) is 5.87. The molecular weight excluding hydrogens is 461 g/mol. The van der Waals surface area contributed by atoms with Crippen LogP contribution in [0.15, 0.2) is 57.6 Å². The van der Waals surface area contributed by atoms with Gasteiger partial charge in [-0.2, -0.15) is 13.2 Å².